The lowest BCUT2D eigenvalue weighted by atomic mass is 10.0. The molecule has 0 fully saturated rings. The molecule has 29 heavy (non-hydrogen) atoms. The summed E-state index contributed by atoms with van der Waals surface area (Å²) in [5.41, 5.74) is 2.22. The Hall–Kier alpha value is -3.04. The first kappa shape index (κ1) is 19.3. The van der Waals surface area contributed by atoms with Crippen molar-refractivity contribution in [2.75, 3.05) is 11.6 Å². The van der Waals surface area contributed by atoms with Crippen molar-refractivity contribution >= 4 is 29.0 Å². The normalized spacial score (nSPS) is 12.0. The van der Waals surface area contributed by atoms with Crippen molar-refractivity contribution < 1.29 is 9.21 Å². The molecule has 1 amide bonds. The number of aryl methyl sites for hydroxylation is 1. The van der Waals surface area contributed by atoms with Gasteiger partial charge in [0.15, 0.2) is 5.76 Å². The first-order chi connectivity index (χ1) is 14.1. The maximum Gasteiger partial charge on any atom is 0.231 e. The number of furan rings is 1. The number of nitrogens with zero attached hydrogens (tertiary/aromatic N) is 3. The van der Waals surface area contributed by atoms with Gasteiger partial charge in [-0.25, -0.2) is 4.68 Å². The summed E-state index contributed by atoms with van der Waals surface area (Å²) in [6.07, 6.45) is 1.54. The Kier molecular flexibility index (Phi) is 5.68. The Balaban J connectivity index is 1.44. The van der Waals surface area contributed by atoms with Gasteiger partial charge in [-0.15, -0.1) is 21.5 Å². The first-order valence-corrected chi connectivity index (χ1v) is 10.7. The second-order valence-electron chi connectivity index (χ2n) is 6.37. The van der Waals surface area contributed by atoms with Crippen molar-refractivity contribution in [2.24, 2.45) is 0 Å². The second-order valence-corrected chi connectivity index (χ2v) is 8.29. The topological polar surface area (TPSA) is 99.0 Å². The predicted molar refractivity (Wildman–Crippen MR) is 114 cm³/mol. The summed E-state index contributed by atoms with van der Waals surface area (Å²) in [4.78, 5) is 13.7. The lowest BCUT2D eigenvalue weighted by molar-refractivity contribution is -0.119. The molecule has 1 atom stereocenters. The van der Waals surface area contributed by atoms with Gasteiger partial charge in [0, 0.05) is 4.88 Å². The van der Waals surface area contributed by atoms with E-state index in [-0.39, 0.29) is 17.7 Å². The number of hydrogen-bond acceptors (Lipinski definition) is 7. The molecule has 148 valence electrons. The standard InChI is InChI=1S/C20H19N5O2S2/c1-13-6-8-14(9-7-13)18(16-5-3-11-28-16)22-17(26)12-29-20-24-23-19(25(20)21)15-4-2-10-27-15/h2-11,18H,12,21H2,1H3,(H,22,26). The Morgan fingerprint density at radius 1 is 1.24 bits per heavy atom. The number of nitrogen functional groups attached to an aromatic ring is 1. The third-order valence-electron chi connectivity index (χ3n) is 4.28. The van der Waals surface area contributed by atoms with Crippen molar-refractivity contribution in [1.82, 2.24) is 20.2 Å². The number of thiophene rings is 1. The smallest absolute Gasteiger partial charge is 0.231 e. The van der Waals surface area contributed by atoms with Crippen molar-refractivity contribution in [3.63, 3.8) is 0 Å². The third kappa shape index (κ3) is 4.36. The molecule has 3 aromatic heterocycles. The largest absolute Gasteiger partial charge is 0.461 e. The van der Waals surface area contributed by atoms with Gasteiger partial charge in [0.05, 0.1) is 18.1 Å². The van der Waals surface area contributed by atoms with Crippen LogP contribution in [-0.4, -0.2) is 26.5 Å². The van der Waals surface area contributed by atoms with Gasteiger partial charge < -0.3 is 15.6 Å². The van der Waals surface area contributed by atoms with Crippen LogP contribution in [0.1, 0.15) is 22.0 Å². The summed E-state index contributed by atoms with van der Waals surface area (Å²) < 4.78 is 6.63. The quantitative estimate of drug-likeness (QED) is 0.347. The zero-order valence-electron chi connectivity index (χ0n) is 15.6. The van der Waals surface area contributed by atoms with Gasteiger partial charge in [-0.05, 0) is 36.1 Å². The van der Waals surface area contributed by atoms with Crippen LogP contribution < -0.4 is 11.2 Å². The summed E-state index contributed by atoms with van der Waals surface area (Å²) in [7, 11) is 0. The van der Waals surface area contributed by atoms with E-state index in [1.165, 1.54) is 22.0 Å². The molecule has 0 aliphatic heterocycles. The Bertz CT molecular complexity index is 1070. The molecule has 4 rings (SSSR count). The lowest BCUT2D eigenvalue weighted by Crippen LogP contribution is -2.30. The number of aromatic nitrogens is 3. The van der Waals surface area contributed by atoms with Crippen LogP contribution >= 0.6 is 23.1 Å². The van der Waals surface area contributed by atoms with Gasteiger partial charge in [0.25, 0.3) is 0 Å². The van der Waals surface area contributed by atoms with E-state index in [0.717, 1.165) is 10.4 Å². The molecule has 0 saturated carbocycles. The molecule has 0 aliphatic carbocycles. The average Bonchev–Trinajstić information content (AvgIpc) is 3.48. The van der Waals surface area contributed by atoms with E-state index >= 15 is 0 Å². The SMILES string of the molecule is Cc1ccc(C(NC(=O)CSc2nnc(-c3ccco3)n2N)c2cccs2)cc1. The molecule has 0 spiro atoms. The molecule has 9 heteroatoms. The van der Waals surface area contributed by atoms with Crippen LogP contribution in [0.5, 0.6) is 0 Å². The highest BCUT2D eigenvalue weighted by Crippen LogP contribution is 2.27. The third-order valence-corrected chi connectivity index (χ3v) is 6.16. The molecule has 0 aliphatic rings. The number of carbonyl (C=O) groups is 1. The molecule has 4 aromatic rings. The molecule has 0 bridgehead atoms. The van der Waals surface area contributed by atoms with Gasteiger partial charge in [0.1, 0.15) is 0 Å². The number of benzene rings is 1. The van der Waals surface area contributed by atoms with Crippen LogP contribution in [0.25, 0.3) is 11.6 Å². The number of rotatable bonds is 7. The van der Waals surface area contributed by atoms with Gasteiger partial charge in [-0.3, -0.25) is 4.79 Å². The fourth-order valence-electron chi connectivity index (χ4n) is 2.82. The van der Waals surface area contributed by atoms with Crippen molar-refractivity contribution in [1.29, 1.82) is 0 Å². The summed E-state index contributed by atoms with van der Waals surface area (Å²) in [6, 6.07) is 15.5. The van der Waals surface area contributed by atoms with E-state index in [9.17, 15) is 4.79 Å². The molecule has 0 saturated heterocycles. The van der Waals surface area contributed by atoms with Crippen molar-refractivity contribution in [2.45, 2.75) is 18.1 Å². The molecular weight excluding hydrogens is 406 g/mol. The number of thioether (sulfide) groups is 1. The number of nitrogens with one attached hydrogen (secondary N) is 1. The summed E-state index contributed by atoms with van der Waals surface area (Å²) in [5, 5.41) is 13.6. The first-order valence-electron chi connectivity index (χ1n) is 8.88. The van der Waals surface area contributed by atoms with Gasteiger partial charge in [0.2, 0.25) is 16.9 Å². The van der Waals surface area contributed by atoms with Crippen LogP contribution in [-0.2, 0) is 4.79 Å². The molecule has 1 unspecified atom stereocenters. The molecule has 0 radical (unpaired) electrons. The summed E-state index contributed by atoms with van der Waals surface area (Å²) in [5.74, 6) is 7.03. The van der Waals surface area contributed by atoms with E-state index in [1.54, 1.807) is 29.7 Å². The highest BCUT2D eigenvalue weighted by molar-refractivity contribution is 7.99. The van der Waals surface area contributed by atoms with E-state index < -0.39 is 0 Å². The van der Waals surface area contributed by atoms with Crippen LogP contribution in [0.2, 0.25) is 0 Å². The van der Waals surface area contributed by atoms with E-state index in [4.69, 9.17) is 10.3 Å². The summed E-state index contributed by atoms with van der Waals surface area (Å²) in [6.45, 7) is 2.04. The van der Waals surface area contributed by atoms with Crippen molar-refractivity contribution in [3.8, 4) is 11.6 Å². The van der Waals surface area contributed by atoms with E-state index in [1.807, 2.05) is 48.7 Å². The minimum atomic E-state index is -0.196. The fourth-order valence-corrected chi connectivity index (χ4v) is 4.29. The van der Waals surface area contributed by atoms with Gasteiger partial charge in [-0.2, -0.15) is 0 Å². The Morgan fingerprint density at radius 2 is 2.07 bits per heavy atom. The molecule has 3 heterocycles. The maximum atomic E-state index is 12.7. The van der Waals surface area contributed by atoms with E-state index in [0.29, 0.717) is 16.7 Å². The number of carbonyl (C=O) groups excluding carboxylic acids is 1. The monoisotopic (exact) mass is 425 g/mol. The zero-order valence-corrected chi connectivity index (χ0v) is 17.2. The Morgan fingerprint density at radius 3 is 2.76 bits per heavy atom. The highest BCUT2D eigenvalue weighted by atomic mass is 32.2. The highest BCUT2D eigenvalue weighted by Gasteiger charge is 2.20. The molecular formula is C20H19N5O2S2. The maximum absolute atomic E-state index is 12.7. The van der Waals surface area contributed by atoms with Gasteiger partial charge in [-0.1, -0.05) is 47.7 Å². The number of amides is 1. The van der Waals surface area contributed by atoms with Crippen LogP contribution in [0.4, 0.5) is 0 Å². The molecule has 3 N–H and O–H groups in total. The Labute approximate surface area is 175 Å². The van der Waals surface area contributed by atoms with Crippen LogP contribution in [0.3, 0.4) is 0 Å². The van der Waals surface area contributed by atoms with Crippen molar-refractivity contribution in [3.05, 3.63) is 76.2 Å². The van der Waals surface area contributed by atoms with Crippen LogP contribution in [0, 0.1) is 6.92 Å². The molecule has 1 aromatic carbocycles. The van der Waals surface area contributed by atoms with Gasteiger partial charge >= 0.3 is 0 Å². The molecule has 7 nitrogen and oxygen atoms in total. The number of nitrogens with two attached hydrogens (primary N) is 1. The average molecular weight is 426 g/mol. The number of hydrogen-bond donors (Lipinski definition) is 2. The minimum Gasteiger partial charge on any atom is -0.461 e. The summed E-state index contributed by atoms with van der Waals surface area (Å²) >= 11 is 2.84. The van der Waals surface area contributed by atoms with E-state index in [2.05, 4.69) is 15.5 Å². The van der Waals surface area contributed by atoms with Crippen LogP contribution in [0.15, 0.2) is 69.7 Å². The second kappa shape index (κ2) is 8.54. The lowest BCUT2D eigenvalue weighted by Gasteiger charge is -2.18. The zero-order chi connectivity index (χ0) is 20.2. The minimum absolute atomic E-state index is 0.114. The predicted octanol–water partition coefficient (Wildman–Crippen LogP) is 3.62. The fraction of sp³-hybridized carbons (Fsp3) is 0.150.